The molecule has 0 bridgehead atoms. The number of carbonyl (C=O) groups excluding carboxylic acids is 1. The fraction of sp³-hybridized carbons (Fsp3) is 0.250. The number of hydrogen-bond donors (Lipinski definition) is 0. The van der Waals surface area contributed by atoms with Crippen molar-refractivity contribution in [3.63, 3.8) is 0 Å². The summed E-state index contributed by atoms with van der Waals surface area (Å²) in [7, 11) is 1.54. The summed E-state index contributed by atoms with van der Waals surface area (Å²) >= 11 is 12.1. The van der Waals surface area contributed by atoms with Crippen LogP contribution in [-0.2, 0) is 24.2 Å². The molecule has 0 radical (unpaired) electrons. The second-order valence-corrected chi connectivity index (χ2v) is 7.47. The van der Waals surface area contributed by atoms with Gasteiger partial charge in [0.05, 0.1) is 41.4 Å². The third-order valence-electron chi connectivity index (χ3n) is 4.86. The summed E-state index contributed by atoms with van der Waals surface area (Å²) in [4.78, 5) is 31.9. The van der Waals surface area contributed by atoms with Crippen LogP contribution >= 0.6 is 23.2 Å². The van der Waals surface area contributed by atoms with E-state index in [0.717, 1.165) is 11.3 Å². The van der Waals surface area contributed by atoms with Crippen LogP contribution in [0.5, 0.6) is 5.75 Å². The van der Waals surface area contributed by atoms with Crippen LogP contribution in [0.2, 0.25) is 10.0 Å². The molecular formula is C20H17Cl2N3O3. The molecule has 3 heterocycles. The predicted octanol–water partition coefficient (Wildman–Crippen LogP) is 3.14. The lowest BCUT2D eigenvalue weighted by Gasteiger charge is -2.28. The van der Waals surface area contributed by atoms with Crippen molar-refractivity contribution in [2.75, 3.05) is 13.7 Å². The molecule has 1 aliphatic heterocycles. The predicted molar refractivity (Wildman–Crippen MR) is 107 cm³/mol. The molecule has 0 unspecified atom stereocenters. The third-order valence-corrected chi connectivity index (χ3v) is 5.38. The van der Waals surface area contributed by atoms with Crippen molar-refractivity contribution in [1.82, 2.24) is 14.3 Å². The Morgan fingerprint density at radius 3 is 2.82 bits per heavy atom. The molecule has 8 heteroatoms. The molecule has 0 saturated carbocycles. The fourth-order valence-corrected chi connectivity index (χ4v) is 3.83. The number of ether oxygens (including phenoxy) is 1. The Hall–Kier alpha value is -2.57. The smallest absolute Gasteiger partial charge is 0.263 e. The lowest BCUT2D eigenvalue weighted by molar-refractivity contribution is -0.131. The molecule has 1 aliphatic rings. The summed E-state index contributed by atoms with van der Waals surface area (Å²) in [5.74, 6) is 0.497. The zero-order chi connectivity index (χ0) is 19.8. The summed E-state index contributed by atoms with van der Waals surface area (Å²) < 4.78 is 6.57. The Morgan fingerprint density at radius 2 is 2.07 bits per heavy atom. The van der Waals surface area contributed by atoms with Crippen LogP contribution in [0.25, 0.3) is 5.65 Å². The Morgan fingerprint density at radius 1 is 1.25 bits per heavy atom. The molecule has 0 saturated heterocycles. The maximum Gasteiger partial charge on any atom is 0.263 e. The van der Waals surface area contributed by atoms with E-state index in [1.165, 1.54) is 4.40 Å². The number of carbonyl (C=O) groups is 1. The summed E-state index contributed by atoms with van der Waals surface area (Å²) in [5, 5.41) is 0.916. The van der Waals surface area contributed by atoms with Gasteiger partial charge in [-0.25, -0.2) is 4.98 Å². The average molecular weight is 418 g/mol. The molecule has 0 spiro atoms. The number of hydrogen-bond acceptors (Lipinski definition) is 4. The lowest BCUT2D eigenvalue weighted by Crippen LogP contribution is -2.40. The van der Waals surface area contributed by atoms with Crippen LogP contribution in [0.15, 0.2) is 41.3 Å². The Balaban J connectivity index is 1.58. The van der Waals surface area contributed by atoms with E-state index in [1.54, 1.807) is 42.5 Å². The summed E-state index contributed by atoms with van der Waals surface area (Å²) in [6.45, 7) is 0.755. The van der Waals surface area contributed by atoms with E-state index in [2.05, 4.69) is 4.98 Å². The van der Waals surface area contributed by atoms with E-state index in [1.807, 2.05) is 6.07 Å². The van der Waals surface area contributed by atoms with Gasteiger partial charge in [0.15, 0.2) is 0 Å². The van der Waals surface area contributed by atoms with Crippen LogP contribution in [0.1, 0.15) is 16.8 Å². The maximum atomic E-state index is 12.9. The third kappa shape index (κ3) is 3.45. The van der Waals surface area contributed by atoms with Gasteiger partial charge >= 0.3 is 0 Å². The molecule has 1 aromatic carbocycles. The second kappa shape index (κ2) is 7.45. The molecule has 6 nitrogen and oxygen atoms in total. The van der Waals surface area contributed by atoms with Crippen molar-refractivity contribution in [1.29, 1.82) is 0 Å². The monoisotopic (exact) mass is 417 g/mol. The van der Waals surface area contributed by atoms with E-state index in [-0.39, 0.29) is 24.4 Å². The largest absolute Gasteiger partial charge is 0.495 e. The highest BCUT2D eigenvalue weighted by Crippen LogP contribution is 2.25. The first-order chi connectivity index (χ1) is 13.5. The van der Waals surface area contributed by atoms with Gasteiger partial charge < -0.3 is 9.64 Å². The second-order valence-electron chi connectivity index (χ2n) is 6.63. The van der Waals surface area contributed by atoms with Crippen molar-refractivity contribution in [3.05, 3.63) is 73.7 Å². The van der Waals surface area contributed by atoms with E-state index in [9.17, 15) is 9.59 Å². The highest BCUT2D eigenvalue weighted by Gasteiger charge is 2.25. The standard InChI is InChI=1S/C20H17Cl2N3O3/c1-28-17-4-2-12(8-15(17)22)9-19(26)24-7-6-16-14(11-24)20(27)25-10-13(21)3-5-18(25)23-16/h2-5,8,10H,6-7,9,11H2,1H3. The zero-order valence-electron chi connectivity index (χ0n) is 15.1. The van der Waals surface area contributed by atoms with E-state index >= 15 is 0 Å². The Labute approximate surface area is 171 Å². The van der Waals surface area contributed by atoms with Gasteiger partial charge in [0, 0.05) is 19.2 Å². The first-order valence-electron chi connectivity index (χ1n) is 8.76. The van der Waals surface area contributed by atoms with Gasteiger partial charge in [-0.1, -0.05) is 29.3 Å². The van der Waals surface area contributed by atoms with Gasteiger partial charge in [0.2, 0.25) is 5.91 Å². The minimum absolute atomic E-state index is 0.0672. The van der Waals surface area contributed by atoms with Gasteiger partial charge in [-0.3, -0.25) is 14.0 Å². The van der Waals surface area contributed by atoms with Crippen LogP contribution in [0.3, 0.4) is 0 Å². The topological polar surface area (TPSA) is 63.9 Å². The molecule has 0 aliphatic carbocycles. The molecule has 0 fully saturated rings. The van der Waals surface area contributed by atoms with Crippen molar-refractivity contribution in [2.45, 2.75) is 19.4 Å². The number of amides is 1. The van der Waals surface area contributed by atoms with Crippen molar-refractivity contribution in [3.8, 4) is 5.75 Å². The van der Waals surface area contributed by atoms with Gasteiger partial charge in [0.1, 0.15) is 11.4 Å². The molecule has 144 valence electrons. The number of fused-ring (bicyclic) bond motifs is 2. The molecule has 0 N–H and O–H groups in total. The highest BCUT2D eigenvalue weighted by molar-refractivity contribution is 6.32. The molecule has 28 heavy (non-hydrogen) atoms. The number of nitrogens with zero attached hydrogens (tertiary/aromatic N) is 3. The quantitative estimate of drug-likeness (QED) is 0.656. The van der Waals surface area contributed by atoms with Gasteiger partial charge in [-0.2, -0.15) is 0 Å². The van der Waals surface area contributed by atoms with Crippen LogP contribution in [0, 0.1) is 0 Å². The summed E-state index contributed by atoms with van der Waals surface area (Å²) in [6.07, 6.45) is 2.29. The number of aromatic nitrogens is 2. The minimum Gasteiger partial charge on any atom is -0.495 e. The normalized spacial score (nSPS) is 13.5. The molecule has 3 aromatic rings. The summed E-state index contributed by atoms with van der Waals surface area (Å²) in [5.41, 5.74) is 2.44. The van der Waals surface area contributed by atoms with E-state index in [0.29, 0.717) is 40.0 Å². The maximum absolute atomic E-state index is 12.9. The molecule has 0 atom stereocenters. The highest BCUT2D eigenvalue weighted by atomic mass is 35.5. The molecule has 1 amide bonds. The molecular weight excluding hydrogens is 401 g/mol. The van der Waals surface area contributed by atoms with Gasteiger partial charge in [-0.15, -0.1) is 0 Å². The lowest BCUT2D eigenvalue weighted by atomic mass is 10.0. The zero-order valence-corrected chi connectivity index (χ0v) is 16.6. The first-order valence-corrected chi connectivity index (χ1v) is 9.51. The van der Waals surface area contributed by atoms with Crippen molar-refractivity contribution in [2.24, 2.45) is 0 Å². The number of rotatable bonds is 3. The van der Waals surface area contributed by atoms with Crippen LogP contribution < -0.4 is 10.3 Å². The first kappa shape index (κ1) is 18.8. The molecule has 4 rings (SSSR count). The Bertz CT molecular complexity index is 1140. The SMILES string of the molecule is COc1ccc(CC(=O)N2CCc3nc4ccc(Cl)cn4c(=O)c3C2)cc1Cl. The summed E-state index contributed by atoms with van der Waals surface area (Å²) in [6, 6.07) is 8.69. The Kier molecular flexibility index (Phi) is 5.00. The number of halogens is 2. The van der Waals surface area contributed by atoms with E-state index in [4.69, 9.17) is 27.9 Å². The number of benzene rings is 1. The van der Waals surface area contributed by atoms with E-state index < -0.39 is 0 Å². The van der Waals surface area contributed by atoms with Crippen molar-refractivity contribution >= 4 is 34.8 Å². The molecule has 2 aromatic heterocycles. The van der Waals surface area contributed by atoms with Crippen LogP contribution in [0.4, 0.5) is 0 Å². The minimum atomic E-state index is -0.188. The fourth-order valence-electron chi connectivity index (χ4n) is 3.39. The van der Waals surface area contributed by atoms with Crippen molar-refractivity contribution < 1.29 is 9.53 Å². The average Bonchev–Trinajstić information content (AvgIpc) is 2.68. The number of pyridine rings is 1. The van der Waals surface area contributed by atoms with Gasteiger partial charge in [-0.05, 0) is 29.8 Å². The van der Waals surface area contributed by atoms with Crippen LogP contribution in [-0.4, -0.2) is 33.8 Å². The van der Waals surface area contributed by atoms with Gasteiger partial charge in [0.25, 0.3) is 5.56 Å². The number of methoxy groups -OCH3 is 1.